The summed E-state index contributed by atoms with van der Waals surface area (Å²) in [4.78, 5) is 6.94. The lowest BCUT2D eigenvalue weighted by Crippen LogP contribution is -1.73. The molecule has 0 aliphatic rings. The summed E-state index contributed by atoms with van der Waals surface area (Å²) in [6, 6.07) is 20.5. The molecule has 0 saturated heterocycles. The average Bonchev–Trinajstić information content (AvgIpc) is 3.11. The molecule has 0 fully saturated rings. The van der Waals surface area contributed by atoms with E-state index in [4.69, 9.17) is 4.42 Å². The summed E-state index contributed by atoms with van der Waals surface area (Å²) in [6.07, 6.45) is 0. The van der Waals surface area contributed by atoms with E-state index < -0.39 is 0 Å². The minimum Gasteiger partial charge on any atom is -0.435 e. The third-order valence-corrected chi connectivity index (χ3v) is 4.74. The second kappa shape index (κ2) is 4.86. The molecule has 0 saturated carbocycles. The number of para-hydroxylation sites is 2. The Kier molecular flexibility index (Phi) is 2.86. The van der Waals surface area contributed by atoms with Crippen LogP contribution >= 0.6 is 11.3 Å². The van der Waals surface area contributed by atoms with Crippen molar-refractivity contribution in [2.24, 2.45) is 0 Å². The zero-order chi connectivity index (χ0) is 14.2. The van der Waals surface area contributed by atoms with Gasteiger partial charge in [0.15, 0.2) is 5.58 Å². The highest BCUT2D eigenvalue weighted by atomic mass is 32.1. The minimum absolute atomic E-state index is 0.709. The number of oxazole rings is 1. The Bertz CT molecular complexity index is 872. The van der Waals surface area contributed by atoms with E-state index in [2.05, 4.69) is 42.2 Å². The quantitative estimate of drug-likeness (QED) is 0.485. The summed E-state index contributed by atoms with van der Waals surface area (Å²) in [5.74, 6) is 0.709. The number of benzene rings is 2. The van der Waals surface area contributed by atoms with Crippen molar-refractivity contribution in [3.8, 4) is 21.2 Å². The van der Waals surface area contributed by atoms with Crippen LogP contribution in [0.25, 0.3) is 32.3 Å². The van der Waals surface area contributed by atoms with Gasteiger partial charge in [-0.05, 0) is 36.2 Å². The predicted molar refractivity (Wildman–Crippen MR) is 87.5 cm³/mol. The molecule has 3 heteroatoms. The number of hydrogen-bond acceptors (Lipinski definition) is 3. The van der Waals surface area contributed by atoms with Gasteiger partial charge in [-0.1, -0.05) is 42.5 Å². The summed E-state index contributed by atoms with van der Waals surface area (Å²) in [5, 5.41) is 0. The van der Waals surface area contributed by atoms with Crippen molar-refractivity contribution in [3.05, 3.63) is 66.2 Å². The topological polar surface area (TPSA) is 26.0 Å². The summed E-state index contributed by atoms with van der Waals surface area (Å²) >= 11 is 1.72. The van der Waals surface area contributed by atoms with Crippen molar-refractivity contribution in [3.63, 3.8) is 0 Å². The molecule has 4 rings (SSSR count). The van der Waals surface area contributed by atoms with Gasteiger partial charge in [0, 0.05) is 4.88 Å². The fraction of sp³-hybridized carbons (Fsp3) is 0.0556. The van der Waals surface area contributed by atoms with Gasteiger partial charge in [0.2, 0.25) is 5.89 Å². The van der Waals surface area contributed by atoms with Gasteiger partial charge in [0.25, 0.3) is 0 Å². The van der Waals surface area contributed by atoms with Crippen molar-refractivity contribution in [1.29, 1.82) is 0 Å². The van der Waals surface area contributed by atoms with Crippen LogP contribution in [0, 0.1) is 6.92 Å². The molecule has 0 bridgehead atoms. The minimum atomic E-state index is 0.709. The van der Waals surface area contributed by atoms with E-state index >= 15 is 0 Å². The number of thiophene rings is 1. The summed E-state index contributed by atoms with van der Waals surface area (Å²) in [7, 11) is 0. The van der Waals surface area contributed by atoms with E-state index in [1.807, 2.05) is 30.3 Å². The van der Waals surface area contributed by atoms with Crippen LogP contribution in [0.3, 0.4) is 0 Å². The van der Waals surface area contributed by atoms with Crippen molar-refractivity contribution >= 4 is 22.4 Å². The largest absolute Gasteiger partial charge is 0.435 e. The summed E-state index contributed by atoms with van der Waals surface area (Å²) in [5.41, 5.74) is 4.17. The monoisotopic (exact) mass is 291 g/mol. The Morgan fingerprint density at radius 2 is 1.71 bits per heavy atom. The highest BCUT2D eigenvalue weighted by Gasteiger charge is 2.14. The number of aryl methyl sites for hydroxylation is 1. The van der Waals surface area contributed by atoms with Gasteiger partial charge in [-0.15, -0.1) is 11.3 Å². The average molecular weight is 291 g/mol. The summed E-state index contributed by atoms with van der Waals surface area (Å²) < 4.78 is 5.88. The standard InChI is InChI=1S/C18H13NOS/c1-12-11-16(13-7-3-2-4-8-13)21-17(12)18-19-14-9-5-6-10-15(14)20-18/h2-11H,1H3. The molecule has 0 N–H and O–H groups in total. The third-order valence-electron chi connectivity index (χ3n) is 3.46. The normalized spacial score (nSPS) is 11.1. The van der Waals surface area contributed by atoms with Crippen molar-refractivity contribution in [2.75, 3.05) is 0 Å². The molecule has 2 aromatic heterocycles. The molecule has 0 aliphatic carbocycles. The van der Waals surface area contributed by atoms with E-state index in [0.717, 1.165) is 16.0 Å². The maximum absolute atomic E-state index is 5.88. The summed E-state index contributed by atoms with van der Waals surface area (Å²) in [6.45, 7) is 2.10. The second-order valence-electron chi connectivity index (χ2n) is 4.98. The van der Waals surface area contributed by atoms with Crippen LogP contribution < -0.4 is 0 Å². The lowest BCUT2D eigenvalue weighted by atomic mass is 10.1. The number of rotatable bonds is 2. The molecule has 4 aromatic rings. The van der Waals surface area contributed by atoms with Crippen molar-refractivity contribution in [1.82, 2.24) is 4.98 Å². The van der Waals surface area contributed by atoms with Crippen molar-refractivity contribution in [2.45, 2.75) is 6.92 Å². The van der Waals surface area contributed by atoms with Crippen LogP contribution in [0.1, 0.15) is 5.56 Å². The maximum atomic E-state index is 5.88. The molecule has 0 atom stereocenters. The number of hydrogen-bond donors (Lipinski definition) is 0. The van der Waals surface area contributed by atoms with Crippen LogP contribution in [-0.4, -0.2) is 4.98 Å². The zero-order valence-corrected chi connectivity index (χ0v) is 12.4. The molecule has 0 radical (unpaired) electrons. The molecule has 2 heterocycles. The second-order valence-corrected chi connectivity index (χ2v) is 6.03. The molecule has 21 heavy (non-hydrogen) atoms. The molecule has 0 amide bonds. The number of fused-ring (bicyclic) bond motifs is 1. The van der Waals surface area contributed by atoms with Crippen LogP contribution in [0.2, 0.25) is 0 Å². The van der Waals surface area contributed by atoms with Gasteiger partial charge < -0.3 is 4.42 Å². The molecule has 102 valence electrons. The smallest absolute Gasteiger partial charge is 0.237 e. The Morgan fingerprint density at radius 3 is 2.52 bits per heavy atom. The van der Waals surface area contributed by atoms with Crippen molar-refractivity contribution < 1.29 is 4.42 Å². The van der Waals surface area contributed by atoms with Gasteiger partial charge in [0.1, 0.15) is 5.52 Å². The van der Waals surface area contributed by atoms with E-state index in [0.29, 0.717) is 5.89 Å². The maximum Gasteiger partial charge on any atom is 0.237 e. The molecular weight excluding hydrogens is 278 g/mol. The predicted octanol–water partition coefficient (Wildman–Crippen LogP) is 5.53. The Labute approximate surface area is 126 Å². The highest BCUT2D eigenvalue weighted by molar-refractivity contribution is 7.19. The van der Waals surface area contributed by atoms with Gasteiger partial charge in [-0.2, -0.15) is 0 Å². The van der Waals surface area contributed by atoms with Gasteiger partial charge in [-0.3, -0.25) is 0 Å². The first-order valence-corrected chi connectivity index (χ1v) is 7.65. The highest BCUT2D eigenvalue weighted by Crippen LogP contribution is 2.38. The lowest BCUT2D eigenvalue weighted by Gasteiger charge is -1.94. The van der Waals surface area contributed by atoms with Crippen LogP contribution in [-0.2, 0) is 0 Å². The fourth-order valence-electron chi connectivity index (χ4n) is 2.41. The van der Waals surface area contributed by atoms with Gasteiger partial charge >= 0.3 is 0 Å². The van der Waals surface area contributed by atoms with Gasteiger partial charge in [-0.25, -0.2) is 4.98 Å². The van der Waals surface area contributed by atoms with Crippen LogP contribution in [0.4, 0.5) is 0 Å². The molecule has 0 unspecified atom stereocenters. The van der Waals surface area contributed by atoms with Crippen LogP contribution in [0.15, 0.2) is 65.1 Å². The van der Waals surface area contributed by atoms with E-state index in [-0.39, 0.29) is 0 Å². The number of aromatic nitrogens is 1. The first-order valence-electron chi connectivity index (χ1n) is 6.83. The van der Waals surface area contributed by atoms with E-state index in [1.54, 1.807) is 11.3 Å². The van der Waals surface area contributed by atoms with E-state index in [9.17, 15) is 0 Å². The SMILES string of the molecule is Cc1cc(-c2ccccc2)sc1-c1nc2ccccc2o1. The fourth-order valence-corrected chi connectivity index (χ4v) is 3.51. The number of nitrogens with zero attached hydrogens (tertiary/aromatic N) is 1. The molecule has 2 aromatic carbocycles. The van der Waals surface area contributed by atoms with E-state index in [1.165, 1.54) is 16.0 Å². The van der Waals surface area contributed by atoms with Crippen LogP contribution in [0.5, 0.6) is 0 Å². The Hall–Kier alpha value is -2.39. The molecular formula is C18H13NOS. The Morgan fingerprint density at radius 1 is 0.952 bits per heavy atom. The lowest BCUT2D eigenvalue weighted by molar-refractivity contribution is 0.621. The first-order chi connectivity index (χ1) is 10.3. The zero-order valence-electron chi connectivity index (χ0n) is 11.5. The van der Waals surface area contributed by atoms with Gasteiger partial charge in [0.05, 0.1) is 4.88 Å². The first kappa shape index (κ1) is 12.4. The molecule has 0 spiro atoms. The molecule has 0 aliphatic heterocycles. The molecule has 2 nitrogen and oxygen atoms in total. The third kappa shape index (κ3) is 2.16. The Balaban J connectivity index is 1.84.